The van der Waals surface area contributed by atoms with Gasteiger partial charge in [0.1, 0.15) is 18.5 Å². The van der Waals surface area contributed by atoms with E-state index < -0.39 is 42.4 Å². The van der Waals surface area contributed by atoms with Gasteiger partial charge in [-0.05, 0) is 35.4 Å². The van der Waals surface area contributed by atoms with Gasteiger partial charge in [-0.2, -0.15) is 0 Å². The summed E-state index contributed by atoms with van der Waals surface area (Å²) in [6.45, 7) is 0.923. The van der Waals surface area contributed by atoms with Crippen LogP contribution in [0.25, 0.3) is 0 Å². The topological polar surface area (TPSA) is 188 Å². The van der Waals surface area contributed by atoms with E-state index >= 15 is 0 Å². The van der Waals surface area contributed by atoms with Crippen molar-refractivity contribution in [2.24, 2.45) is 0 Å². The zero-order valence-electron chi connectivity index (χ0n) is 24.1. The molecule has 0 radical (unpaired) electrons. The standard InChI is InChI=1S/C29H36N2O12/c1-17(34)41-21-12-25(28(36)39-3)43-26(13-21)42-24-7-5-19(11-22(24)27(35)30-8-9-38-2)16-40-29(37)31-23-6-4-18(14-32)10-20(23)15-33/h4-7,10-11,21,25-26,32-33H,8-9,12-16H2,1-3H3,(H,30,35)(H,31,37). The van der Waals surface area contributed by atoms with Crippen LogP contribution in [0.5, 0.6) is 5.75 Å². The van der Waals surface area contributed by atoms with Crippen LogP contribution < -0.4 is 15.4 Å². The van der Waals surface area contributed by atoms with E-state index in [4.69, 9.17) is 28.4 Å². The summed E-state index contributed by atoms with van der Waals surface area (Å²) in [5, 5.41) is 24.1. The number of esters is 2. The maximum absolute atomic E-state index is 13.1. The number of methoxy groups -OCH3 is 2. The Bertz CT molecular complexity index is 1280. The molecular formula is C29H36N2O12. The minimum absolute atomic E-state index is 0.0835. The molecular weight excluding hydrogens is 568 g/mol. The van der Waals surface area contributed by atoms with E-state index in [2.05, 4.69) is 10.6 Å². The Morgan fingerprint density at radius 2 is 1.77 bits per heavy atom. The van der Waals surface area contributed by atoms with Crippen LogP contribution in [-0.2, 0) is 53.1 Å². The van der Waals surface area contributed by atoms with Gasteiger partial charge in [0, 0.05) is 44.7 Å². The number of ether oxygens (including phenoxy) is 6. The summed E-state index contributed by atoms with van der Waals surface area (Å²) in [6.07, 6.45) is -3.42. The van der Waals surface area contributed by atoms with Gasteiger partial charge in [0.2, 0.25) is 6.29 Å². The van der Waals surface area contributed by atoms with Crippen molar-refractivity contribution in [3.63, 3.8) is 0 Å². The molecule has 0 saturated carbocycles. The van der Waals surface area contributed by atoms with E-state index in [-0.39, 0.29) is 57.1 Å². The molecule has 1 saturated heterocycles. The first-order valence-corrected chi connectivity index (χ1v) is 13.4. The smallest absolute Gasteiger partial charge is 0.411 e. The predicted octanol–water partition coefficient (Wildman–Crippen LogP) is 1.78. The predicted molar refractivity (Wildman–Crippen MR) is 149 cm³/mol. The zero-order chi connectivity index (χ0) is 31.4. The molecule has 4 N–H and O–H groups in total. The molecule has 14 nitrogen and oxygen atoms in total. The van der Waals surface area contributed by atoms with Crippen molar-refractivity contribution in [3.8, 4) is 5.75 Å². The molecule has 1 heterocycles. The molecule has 234 valence electrons. The number of aliphatic hydroxyl groups is 2. The number of aliphatic hydroxyl groups excluding tert-OH is 2. The molecule has 1 fully saturated rings. The molecule has 0 aliphatic carbocycles. The molecule has 3 rings (SSSR count). The molecule has 0 aromatic heterocycles. The second-order valence-electron chi connectivity index (χ2n) is 9.49. The zero-order valence-corrected chi connectivity index (χ0v) is 24.1. The van der Waals surface area contributed by atoms with E-state index in [1.54, 1.807) is 18.2 Å². The van der Waals surface area contributed by atoms with Crippen molar-refractivity contribution in [1.29, 1.82) is 0 Å². The van der Waals surface area contributed by atoms with Gasteiger partial charge in [-0.3, -0.25) is 14.9 Å². The van der Waals surface area contributed by atoms with Crippen molar-refractivity contribution in [2.75, 3.05) is 32.7 Å². The summed E-state index contributed by atoms with van der Waals surface area (Å²) in [5.41, 5.74) is 1.83. The summed E-state index contributed by atoms with van der Waals surface area (Å²) in [4.78, 5) is 49.3. The van der Waals surface area contributed by atoms with E-state index in [9.17, 15) is 29.4 Å². The molecule has 2 amide bonds. The van der Waals surface area contributed by atoms with Crippen LogP contribution >= 0.6 is 0 Å². The monoisotopic (exact) mass is 604 g/mol. The number of amides is 2. The van der Waals surface area contributed by atoms with Crippen LogP contribution in [0.2, 0.25) is 0 Å². The quantitative estimate of drug-likeness (QED) is 0.148. The lowest BCUT2D eigenvalue weighted by Crippen LogP contribution is -2.44. The lowest BCUT2D eigenvalue weighted by atomic mass is 10.0. The Morgan fingerprint density at radius 3 is 2.44 bits per heavy atom. The van der Waals surface area contributed by atoms with Crippen LogP contribution in [0.1, 0.15) is 46.8 Å². The Balaban J connectivity index is 1.76. The van der Waals surface area contributed by atoms with E-state index in [1.165, 1.54) is 39.3 Å². The second kappa shape index (κ2) is 16.4. The minimum Gasteiger partial charge on any atom is -0.467 e. The molecule has 1 aliphatic heterocycles. The normalized spacial score (nSPS) is 17.8. The molecule has 2 aromatic carbocycles. The third-order valence-corrected chi connectivity index (χ3v) is 6.31. The Labute approximate surface area is 248 Å². The number of hydrogen-bond acceptors (Lipinski definition) is 12. The highest BCUT2D eigenvalue weighted by Crippen LogP contribution is 2.29. The maximum atomic E-state index is 13.1. The summed E-state index contributed by atoms with van der Waals surface area (Å²) >= 11 is 0. The highest BCUT2D eigenvalue weighted by Gasteiger charge is 2.37. The van der Waals surface area contributed by atoms with Gasteiger partial charge in [-0.1, -0.05) is 12.1 Å². The van der Waals surface area contributed by atoms with Crippen molar-refractivity contribution in [1.82, 2.24) is 5.32 Å². The Kier molecular flexibility index (Phi) is 12.7. The first-order valence-electron chi connectivity index (χ1n) is 13.4. The van der Waals surface area contributed by atoms with E-state index in [0.717, 1.165) is 0 Å². The number of carbonyl (C=O) groups is 4. The van der Waals surface area contributed by atoms with Gasteiger partial charge < -0.3 is 44.0 Å². The van der Waals surface area contributed by atoms with Crippen molar-refractivity contribution in [3.05, 3.63) is 58.7 Å². The van der Waals surface area contributed by atoms with Gasteiger partial charge in [-0.15, -0.1) is 0 Å². The molecule has 3 unspecified atom stereocenters. The first-order chi connectivity index (χ1) is 20.7. The lowest BCUT2D eigenvalue weighted by Gasteiger charge is -2.33. The first kappa shape index (κ1) is 33.3. The largest absolute Gasteiger partial charge is 0.467 e. The highest BCUT2D eigenvalue weighted by molar-refractivity contribution is 5.97. The molecule has 2 aromatic rings. The third kappa shape index (κ3) is 9.92. The van der Waals surface area contributed by atoms with Crippen molar-refractivity contribution in [2.45, 2.75) is 58.1 Å². The number of carbonyl (C=O) groups excluding carboxylic acids is 4. The maximum Gasteiger partial charge on any atom is 0.411 e. The fourth-order valence-electron chi connectivity index (χ4n) is 4.28. The number of anilines is 1. The number of nitrogens with one attached hydrogen (secondary N) is 2. The van der Waals surface area contributed by atoms with Crippen LogP contribution in [0.15, 0.2) is 36.4 Å². The fourth-order valence-corrected chi connectivity index (χ4v) is 4.28. The molecule has 14 heteroatoms. The summed E-state index contributed by atoms with van der Waals surface area (Å²) in [5.74, 6) is -1.59. The fraction of sp³-hybridized carbons (Fsp3) is 0.448. The van der Waals surface area contributed by atoms with Gasteiger partial charge in [-0.25, -0.2) is 9.59 Å². The SMILES string of the molecule is COCCNC(=O)c1cc(COC(=O)Nc2ccc(CO)cc2CO)ccc1OC1CC(OC(C)=O)CC(C(=O)OC)O1. The Hall–Kier alpha value is -4.24. The van der Waals surface area contributed by atoms with Crippen LogP contribution in [-0.4, -0.2) is 80.0 Å². The van der Waals surface area contributed by atoms with Crippen molar-refractivity contribution >= 4 is 29.6 Å². The average Bonchev–Trinajstić information content (AvgIpc) is 2.99. The molecule has 0 bridgehead atoms. The van der Waals surface area contributed by atoms with Crippen molar-refractivity contribution < 1.29 is 57.8 Å². The molecule has 43 heavy (non-hydrogen) atoms. The summed E-state index contributed by atoms with van der Waals surface area (Å²) < 4.78 is 32.1. The summed E-state index contributed by atoms with van der Waals surface area (Å²) in [6, 6.07) is 9.24. The molecule has 0 spiro atoms. The average molecular weight is 605 g/mol. The van der Waals surface area contributed by atoms with Crippen LogP contribution in [0, 0.1) is 0 Å². The minimum atomic E-state index is -1.06. The molecule has 1 aliphatic rings. The van der Waals surface area contributed by atoms with Crippen LogP contribution in [0.3, 0.4) is 0 Å². The number of benzene rings is 2. The third-order valence-electron chi connectivity index (χ3n) is 6.31. The van der Waals surface area contributed by atoms with E-state index in [1.807, 2.05) is 0 Å². The van der Waals surface area contributed by atoms with Gasteiger partial charge in [0.25, 0.3) is 5.91 Å². The van der Waals surface area contributed by atoms with Gasteiger partial charge in [0.15, 0.2) is 6.10 Å². The second-order valence-corrected chi connectivity index (χ2v) is 9.49. The number of hydrogen-bond donors (Lipinski definition) is 4. The highest BCUT2D eigenvalue weighted by atomic mass is 16.7. The van der Waals surface area contributed by atoms with Crippen LogP contribution in [0.4, 0.5) is 10.5 Å². The molecule has 3 atom stereocenters. The number of rotatable bonds is 13. The van der Waals surface area contributed by atoms with Gasteiger partial charge >= 0.3 is 18.0 Å². The summed E-state index contributed by atoms with van der Waals surface area (Å²) in [7, 11) is 2.70. The van der Waals surface area contributed by atoms with E-state index in [0.29, 0.717) is 22.4 Å². The van der Waals surface area contributed by atoms with Gasteiger partial charge in [0.05, 0.1) is 32.5 Å². The Morgan fingerprint density at radius 1 is 1.00 bits per heavy atom. The lowest BCUT2D eigenvalue weighted by molar-refractivity contribution is -0.204.